The summed E-state index contributed by atoms with van der Waals surface area (Å²) in [5.41, 5.74) is 0.564. The number of aromatic amines is 1. The molecule has 0 aliphatic carbocycles. The summed E-state index contributed by atoms with van der Waals surface area (Å²) >= 11 is 0. The molecule has 0 unspecified atom stereocenters. The van der Waals surface area contributed by atoms with Crippen molar-refractivity contribution in [2.75, 3.05) is 5.32 Å². The van der Waals surface area contributed by atoms with E-state index in [4.69, 9.17) is 0 Å². The largest absolute Gasteiger partial charge is 0.307 e. The molecule has 0 bridgehead atoms. The smallest absolute Gasteiger partial charge is 0.256 e. The van der Waals surface area contributed by atoms with Gasteiger partial charge in [0, 0.05) is 24.0 Å². The highest BCUT2D eigenvalue weighted by molar-refractivity contribution is 6.03. The van der Waals surface area contributed by atoms with E-state index in [0.29, 0.717) is 11.4 Å². The summed E-state index contributed by atoms with van der Waals surface area (Å²) < 4.78 is 0. The molecule has 0 aromatic carbocycles. The standard InChI is InChI=1S/C9H8N4O/c14-9(7-1-4-10-5-2-7)12-8-3-6-11-13-8/h1-6H,(H2,11,12,13,14). The zero-order valence-corrected chi connectivity index (χ0v) is 7.27. The molecule has 2 N–H and O–H groups in total. The van der Waals surface area contributed by atoms with Gasteiger partial charge in [-0.2, -0.15) is 5.10 Å². The van der Waals surface area contributed by atoms with E-state index in [-0.39, 0.29) is 5.91 Å². The first-order valence-corrected chi connectivity index (χ1v) is 4.07. The third kappa shape index (κ3) is 1.77. The van der Waals surface area contributed by atoms with Gasteiger partial charge in [0.05, 0.1) is 6.20 Å². The SMILES string of the molecule is O=C(Nc1ccn[nH]1)c1ccncc1. The molecule has 2 heterocycles. The van der Waals surface area contributed by atoms with Crippen LogP contribution in [0.25, 0.3) is 0 Å². The van der Waals surface area contributed by atoms with Gasteiger partial charge < -0.3 is 5.32 Å². The molecule has 0 aliphatic heterocycles. The van der Waals surface area contributed by atoms with Crippen LogP contribution in [0.1, 0.15) is 10.4 Å². The second-order valence-electron chi connectivity index (χ2n) is 2.66. The van der Waals surface area contributed by atoms with Crippen LogP contribution in [0.15, 0.2) is 36.8 Å². The number of nitrogens with one attached hydrogen (secondary N) is 2. The number of carbonyl (C=O) groups is 1. The van der Waals surface area contributed by atoms with Crippen LogP contribution in [0.5, 0.6) is 0 Å². The first-order chi connectivity index (χ1) is 6.86. The fraction of sp³-hybridized carbons (Fsp3) is 0. The minimum Gasteiger partial charge on any atom is -0.307 e. The van der Waals surface area contributed by atoms with E-state index >= 15 is 0 Å². The van der Waals surface area contributed by atoms with Crippen LogP contribution in [-0.4, -0.2) is 21.1 Å². The number of rotatable bonds is 2. The lowest BCUT2D eigenvalue weighted by molar-refractivity contribution is 0.102. The highest BCUT2D eigenvalue weighted by atomic mass is 16.1. The monoisotopic (exact) mass is 188 g/mol. The van der Waals surface area contributed by atoms with Crippen molar-refractivity contribution < 1.29 is 4.79 Å². The molecular formula is C9H8N4O. The number of aromatic nitrogens is 3. The fourth-order valence-corrected chi connectivity index (χ4v) is 1.02. The summed E-state index contributed by atoms with van der Waals surface area (Å²) in [6.07, 6.45) is 4.71. The van der Waals surface area contributed by atoms with Crippen molar-refractivity contribution in [1.82, 2.24) is 15.2 Å². The molecular weight excluding hydrogens is 180 g/mol. The Bertz CT molecular complexity index is 410. The average molecular weight is 188 g/mol. The van der Waals surface area contributed by atoms with Gasteiger partial charge in [0.2, 0.25) is 0 Å². The normalized spacial score (nSPS) is 9.71. The molecule has 2 aromatic heterocycles. The van der Waals surface area contributed by atoms with Crippen LogP contribution in [0, 0.1) is 0 Å². The Kier molecular flexibility index (Phi) is 2.22. The lowest BCUT2D eigenvalue weighted by Crippen LogP contribution is -2.11. The Morgan fingerprint density at radius 3 is 2.64 bits per heavy atom. The summed E-state index contributed by atoms with van der Waals surface area (Å²) in [7, 11) is 0. The summed E-state index contributed by atoms with van der Waals surface area (Å²) in [4.78, 5) is 15.4. The maximum atomic E-state index is 11.5. The minimum absolute atomic E-state index is 0.184. The Hall–Kier alpha value is -2.17. The molecule has 0 saturated heterocycles. The lowest BCUT2D eigenvalue weighted by Gasteiger charge is -2.00. The van der Waals surface area contributed by atoms with Crippen LogP contribution in [0.2, 0.25) is 0 Å². The Labute approximate surface area is 80.2 Å². The van der Waals surface area contributed by atoms with Gasteiger partial charge in [0.15, 0.2) is 0 Å². The fourth-order valence-electron chi connectivity index (χ4n) is 1.02. The number of hydrogen-bond donors (Lipinski definition) is 2. The van der Waals surface area contributed by atoms with Gasteiger partial charge in [-0.3, -0.25) is 14.9 Å². The van der Waals surface area contributed by atoms with Crippen molar-refractivity contribution in [2.45, 2.75) is 0 Å². The third-order valence-electron chi connectivity index (χ3n) is 1.69. The van der Waals surface area contributed by atoms with Crippen LogP contribution in [0.3, 0.4) is 0 Å². The number of nitrogens with zero attached hydrogens (tertiary/aromatic N) is 2. The molecule has 0 atom stereocenters. The molecule has 0 radical (unpaired) electrons. The first kappa shape index (κ1) is 8.43. The molecule has 70 valence electrons. The Morgan fingerprint density at radius 2 is 2.00 bits per heavy atom. The Balaban J connectivity index is 2.11. The Morgan fingerprint density at radius 1 is 1.21 bits per heavy atom. The predicted molar refractivity (Wildman–Crippen MR) is 50.8 cm³/mol. The van der Waals surface area contributed by atoms with Crippen molar-refractivity contribution in [3.05, 3.63) is 42.4 Å². The number of pyridine rings is 1. The lowest BCUT2D eigenvalue weighted by atomic mass is 10.2. The van der Waals surface area contributed by atoms with Crippen LogP contribution in [0.4, 0.5) is 5.82 Å². The number of hydrogen-bond acceptors (Lipinski definition) is 3. The average Bonchev–Trinajstić information content (AvgIpc) is 2.72. The van der Waals surface area contributed by atoms with Crippen molar-refractivity contribution in [3.63, 3.8) is 0 Å². The zero-order chi connectivity index (χ0) is 9.80. The third-order valence-corrected chi connectivity index (χ3v) is 1.69. The van der Waals surface area contributed by atoms with Crippen molar-refractivity contribution in [2.24, 2.45) is 0 Å². The zero-order valence-electron chi connectivity index (χ0n) is 7.27. The molecule has 0 aliphatic rings. The quantitative estimate of drug-likeness (QED) is 0.740. The molecule has 5 nitrogen and oxygen atoms in total. The number of amides is 1. The molecule has 2 rings (SSSR count). The molecule has 2 aromatic rings. The van der Waals surface area contributed by atoms with Crippen LogP contribution in [-0.2, 0) is 0 Å². The van der Waals surface area contributed by atoms with E-state index in [1.54, 1.807) is 36.8 Å². The topological polar surface area (TPSA) is 70.7 Å². The van der Waals surface area contributed by atoms with Crippen molar-refractivity contribution in [1.29, 1.82) is 0 Å². The van der Waals surface area contributed by atoms with Gasteiger partial charge in [-0.25, -0.2) is 0 Å². The second kappa shape index (κ2) is 3.69. The maximum Gasteiger partial charge on any atom is 0.256 e. The van der Waals surface area contributed by atoms with Gasteiger partial charge in [-0.05, 0) is 12.1 Å². The van der Waals surface area contributed by atoms with E-state index in [0.717, 1.165) is 0 Å². The predicted octanol–water partition coefficient (Wildman–Crippen LogP) is 1.06. The maximum absolute atomic E-state index is 11.5. The van der Waals surface area contributed by atoms with Gasteiger partial charge in [-0.1, -0.05) is 0 Å². The molecule has 0 fully saturated rings. The molecule has 1 amide bonds. The summed E-state index contributed by atoms with van der Waals surface area (Å²) in [6, 6.07) is 4.97. The van der Waals surface area contributed by atoms with Crippen molar-refractivity contribution in [3.8, 4) is 0 Å². The van der Waals surface area contributed by atoms with E-state index in [1.807, 2.05) is 0 Å². The van der Waals surface area contributed by atoms with Gasteiger partial charge in [0.1, 0.15) is 5.82 Å². The molecule has 14 heavy (non-hydrogen) atoms. The summed E-state index contributed by atoms with van der Waals surface area (Å²) in [5.74, 6) is 0.392. The van der Waals surface area contributed by atoms with E-state index < -0.39 is 0 Å². The highest BCUT2D eigenvalue weighted by Crippen LogP contribution is 2.03. The van der Waals surface area contributed by atoms with E-state index in [2.05, 4.69) is 20.5 Å². The highest BCUT2D eigenvalue weighted by Gasteiger charge is 2.04. The summed E-state index contributed by atoms with van der Waals surface area (Å²) in [5, 5.41) is 9.01. The molecule has 0 spiro atoms. The molecule has 5 heteroatoms. The number of anilines is 1. The number of H-pyrrole nitrogens is 1. The summed E-state index contributed by atoms with van der Waals surface area (Å²) in [6.45, 7) is 0. The number of carbonyl (C=O) groups excluding carboxylic acids is 1. The van der Waals surface area contributed by atoms with Gasteiger partial charge in [-0.15, -0.1) is 0 Å². The van der Waals surface area contributed by atoms with Gasteiger partial charge in [0.25, 0.3) is 5.91 Å². The van der Waals surface area contributed by atoms with E-state index in [1.165, 1.54) is 0 Å². The minimum atomic E-state index is -0.184. The molecule has 0 saturated carbocycles. The van der Waals surface area contributed by atoms with E-state index in [9.17, 15) is 4.79 Å². The van der Waals surface area contributed by atoms with Crippen molar-refractivity contribution >= 4 is 11.7 Å². The van der Waals surface area contributed by atoms with Crippen LogP contribution < -0.4 is 5.32 Å². The first-order valence-electron chi connectivity index (χ1n) is 4.07. The van der Waals surface area contributed by atoms with Crippen LogP contribution >= 0.6 is 0 Å². The second-order valence-corrected chi connectivity index (χ2v) is 2.66. The van der Waals surface area contributed by atoms with Gasteiger partial charge >= 0.3 is 0 Å².